The third kappa shape index (κ3) is 6.29. The molecule has 0 bridgehead atoms. The fraction of sp³-hybridized carbons (Fsp3) is 0.0962. The molecule has 3 aliphatic rings. The lowest BCUT2D eigenvalue weighted by Gasteiger charge is -2.17. The van der Waals surface area contributed by atoms with Gasteiger partial charge in [0.25, 0.3) is 0 Å². The van der Waals surface area contributed by atoms with Crippen LogP contribution in [0.25, 0.3) is 44.2 Å². The van der Waals surface area contributed by atoms with Crippen molar-refractivity contribution >= 4 is 33.1 Å². The second-order valence-corrected chi connectivity index (χ2v) is 14.8. The summed E-state index contributed by atoms with van der Waals surface area (Å²) in [6.07, 6.45) is 16.9. The van der Waals surface area contributed by atoms with Crippen molar-refractivity contribution < 1.29 is 4.74 Å². The molecule has 1 aromatic heterocycles. The molecule has 2 aliphatic carbocycles. The van der Waals surface area contributed by atoms with Crippen molar-refractivity contribution in [2.24, 2.45) is 16.6 Å². The highest BCUT2D eigenvalue weighted by Crippen LogP contribution is 2.46. The average molecular weight is 724 g/mol. The van der Waals surface area contributed by atoms with Gasteiger partial charge in [-0.3, -0.25) is 4.99 Å². The van der Waals surface area contributed by atoms with Crippen LogP contribution in [-0.4, -0.2) is 10.3 Å². The molecular formula is C52H41N3O. The van der Waals surface area contributed by atoms with E-state index in [9.17, 15) is 0 Å². The van der Waals surface area contributed by atoms with E-state index in [1.54, 1.807) is 0 Å². The zero-order chi connectivity index (χ0) is 37.4. The van der Waals surface area contributed by atoms with Gasteiger partial charge in [-0.05, 0) is 94.8 Å². The summed E-state index contributed by atoms with van der Waals surface area (Å²) in [4.78, 5) is 5.13. The van der Waals surface area contributed by atoms with Gasteiger partial charge in [0.2, 0.25) is 0 Å². The SMILES string of the molecule is N/C(=C\C(=N/Cc1cccc(-c2ccc3c4ccccc4n(-c4ccc(C5=CCC6C(=C5)Oc5ccccc56)cc4)c3c2)c1)c1ccccc1)C1C=CC=CC1. The quantitative estimate of drug-likeness (QED) is 0.159. The van der Waals surface area contributed by atoms with E-state index in [1.165, 1.54) is 44.1 Å². The van der Waals surface area contributed by atoms with E-state index in [2.05, 4.69) is 168 Å². The molecule has 2 heterocycles. The Kier molecular flexibility index (Phi) is 8.64. The number of para-hydroxylation sites is 2. The molecule has 6 aromatic carbocycles. The number of nitrogens with zero attached hydrogens (tertiary/aromatic N) is 2. The molecule has 2 N–H and O–H groups in total. The molecule has 2 unspecified atom stereocenters. The Bertz CT molecular complexity index is 2810. The van der Waals surface area contributed by atoms with Gasteiger partial charge in [-0.15, -0.1) is 0 Å². The molecule has 0 spiro atoms. The smallest absolute Gasteiger partial charge is 0.130 e. The van der Waals surface area contributed by atoms with E-state index in [4.69, 9.17) is 15.5 Å². The number of aliphatic imine (C=N–C) groups is 1. The molecule has 0 saturated heterocycles. The van der Waals surface area contributed by atoms with Gasteiger partial charge in [-0.25, -0.2) is 0 Å². The minimum atomic E-state index is 0.182. The van der Waals surface area contributed by atoms with Crippen molar-refractivity contribution in [1.29, 1.82) is 0 Å². The maximum atomic E-state index is 6.64. The van der Waals surface area contributed by atoms with Gasteiger partial charge in [0, 0.05) is 39.6 Å². The lowest BCUT2D eigenvalue weighted by Crippen LogP contribution is -2.13. The van der Waals surface area contributed by atoms with Gasteiger partial charge in [0.05, 0.1) is 23.3 Å². The number of aromatic nitrogens is 1. The second-order valence-electron chi connectivity index (χ2n) is 14.8. The van der Waals surface area contributed by atoms with E-state index in [0.29, 0.717) is 12.5 Å². The fourth-order valence-corrected chi connectivity index (χ4v) is 8.42. The normalized spacial score (nSPS) is 17.7. The van der Waals surface area contributed by atoms with Crippen LogP contribution in [0.2, 0.25) is 0 Å². The molecule has 1 aliphatic heterocycles. The van der Waals surface area contributed by atoms with Gasteiger partial charge in [-0.1, -0.05) is 140 Å². The summed E-state index contributed by atoms with van der Waals surface area (Å²) in [6, 6.07) is 52.0. The Hall–Kier alpha value is -6.91. The number of hydrogen-bond donors (Lipinski definition) is 1. The zero-order valence-electron chi connectivity index (χ0n) is 31.1. The first-order valence-electron chi connectivity index (χ1n) is 19.5. The Morgan fingerprint density at radius 3 is 2.38 bits per heavy atom. The molecule has 0 fully saturated rings. The summed E-state index contributed by atoms with van der Waals surface area (Å²) in [7, 11) is 0. The number of ether oxygens (including phenoxy) is 1. The highest BCUT2D eigenvalue weighted by molar-refractivity contribution is 6.10. The number of rotatable bonds is 8. The Labute approximate surface area is 327 Å². The monoisotopic (exact) mass is 723 g/mol. The number of nitrogens with two attached hydrogens (primary N) is 1. The minimum absolute atomic E-state index is 0.182. The average Bonchev–Trinajstić information content (AvgIpc) is 3.81. The van der Waals surface area contributed by atoms with E-state index in [-0.39, 0.29) is 5.92 Å². The zero-order valence-corrected chi connectivity index (χ0v) is 31.1. The summed E-state index contributed by atoms with van der Waals surface area (Å²) in [6.45, 7) is 0.546. The maximum absolute atomic E-state index is 6.64. The van der Waals surface area contributed by atoms with Crippen molar-refractivity contribution in [2.45, 2.75) is 25.3 Å². The summed E-state index contributed by atoms with van der Waals surface area (Å²) >= 11 is 0. The van der Waals surface area contributed by atoms with Crippen LogP contribution in [0.4, 0.5) is 0 Å². The molecule has 4 nitrogen and oxygen atoms in total. The highest BCUT2D eigenvalue weighted by Gasteiger charge is 2.31. The van der Waals surface area contributed by atoms with E-state index >= 15 is 0 Å². The number of allylic oxidation sites excluding steroid dienone is 9. The Balaban J connectivity index is 0.963. The van der Waals surface area contributed by atoms with Crippen LogP contribution in [0.5, 0.6) is 5.75 Å². The molecule has 270 valence electrons. The first-order chi connectivity index (χ1) is 27.7. The lowest BCUT2D eigenvalue weighted by atomic mass is 9.88. The van der Waals surface area contributed by atoms with Crippen LogP contribution in [0, 0.1) is 5.92 Å². The first-order valence-corrected chi connectivity index (χ1v) is 19.5. The molecule has 4 heteroatoms. The molecule has 0 amide bonds. The van der Waals surface area contributed by atoms with Crippen molar-refractivity contribution in [3.8, 4) is 22.6 Å². The van der Waals surface area contributed by atoms with Gasteiger partial charge in [0.1, 0.15) is 11.5 Å². The molecule has 56 heavy (non-hydrogen) atoms. The standard InChI is InChI=1S/C52H41N3O/c53-47(37-13-3-1-4-14-37)33-48(38-15-5-2-6-16-38)54-34-35-12-11-17-39(30-35)40-24-28-44-43-18-7-9-20-49(43)55(50(44)31-40)42-26-22-36(23-27-42)41-25-29-46-45-19-8-10-21-51(45)56-52(46)32-41/h1-13,15-28,30-33,37,46H,14,29,34,53H2/b47-33-,54-48+. The van der Waals surface area contributed by atoms with Crippen LogP contribution in [0.1, 0.15) is 41.0 Å². The van der Waals surface area contributed by atoms with Crippen molar-refractivity contribution in [2.75, 3.05) is 0 Å². The topological polar surface area (TPSA) is 52.5 Å². The number of fused-ring (bicyclic) bond motifs is 6. The van der Waals surface area contributed by atoms with Crippen LogP contribution < -0.4 is 10.5 Å². The fourth-order valence-electron chi connectivity index (χ4n) is 8.42. The second kappa shape index (κ2) is 14.4. The Morgan fingerprint density at radius 1 is 0.714 bits per heavy atom. The van der Waals surface area contributed by atoms with Crippen molar-refractivity contribution in [3.05, 3.63) is 222 Å². The van der Waals surface area contributed by atoms with Crippen molar-refractivity contribution in [3.63, 3.8) is 0 Å². The predicted octanol–water partition coefficient (Wildman–Crippen LogP) is 12.3. The third-order valence-electron chi connectivity index (χ3n) is 11.3. The number of benzene rings is 6. The molecular weight excluding hydrogens is 683 g/mol. The van der Waals surface area contributed by atoms with Gasteiger partial charge in [-0.2, -0.15) is 0 Å². The molecule has 0 saturated carbocycles. The van der Waals surface area contributed by atoms with Crippen molar-refractivity contribution in [1.82, 2.24) is 4.57 Å². The summed E-state index contributed by atoms with van der Waals surface area (Å²) < 4.78 is 8.67. The molecule has 0 radical (unpaired) electrons. The minimum Gasteiger partial charge on any atom is -0.461 e. The van der Waals surface area contributed by atoms with E-state index in [1.807, 2.05) is 24.3 Å². The molecule has 7 aromatic rings. The highest BCUT2D eigenvalue weighted by atomic mass is 16.5. The van der Waals surface area contributed by atoms with Crippen LogP contribution in [0.3, 0.4) is 0 Å². The first kappa shape index (κ1) is 33.6. The molecule has 2 atom stereocenters. The van der Waals surface area contributed by atoms with E-state index in [0.717, 1.165) is 58.1 Å². The van der Waals surface area contributed by atoms with Crippen LogP contribution in [0.15, 0.2) is 205 Å². The maximum Gasteiger partial charge on any atom is 0.130 e. The number of hydrogen-bond acceptors (Lipinski definition) is 3. The van der Waals surface area contributed by atoms with Gasteiger partial charge in [0.15, 0.2) is 0 Å². The predicted molar refractivity (Wildman–Crippen MR) is 232 cm³/mol. The van der Waals surface area contributed by atoms with Gasteiger partial charge >= 0.3 is 0 Å². The lowest BCUT2D eigenvalue weighted by molar-refractivity contribution is 0.426. The van der Waals surface area contributed by atoms with Gasteiger partial charge < -0.3 is 15.0 Å². The summed E-state index contributed by atoms with van der Waals surface area (Å²) in [5, 5.41) is 2.48. The summed E-state index contributed by atoms with van der Waals surface area (Å²) in [5.74, 6) is 2.52. The third-order valence-corrected chi connectivity index (χ3v) is 11.3. The van der Waals surface area contributed by atoms with Crippen LogP contribution in [-0.2, 0) is 6.54 Å². The molecule has 10 rings (SSSR count). The Morgan fingerprint density at radius 2 is 1.50 bits per heavy atom. The largest absolute Gasteiger partial charge is 0.461 e. The summed E-state index contributed by atoms with van der Waals surface area (Å²) in [5.41, 5.74) is 20.1. The van der Waals surface area contributed by atoms with E-state index < -0.39 is 0 Å². The van der Waals surface area contributed by atoms with Crippen LogP contribution >= 0.6 is 0 Å².